The number of hydrogen-bond donors (Lipinski definition) is 1. The van der Waals surface area contributed by atoms with Crippen molar-refractivity contribution in [1.82, 2.24) is 14.8 Å². The van der Waals surface area contributed by atoms with E-state index in [0.717, 1.165) is 16.8 Å². The van der Waals surface area contributed by atoms with Crippen LogP contribution in [-0.4, -0.2) is 19.7 Å². The SMILES string of the molecule is Cc1ccc(-c2csc(-n3[nH]c(C)c(N=Nc4cccc([N+](=O)[O-])c4)c3=O)n2)cc1. The Kier molecular flexibility index (Phi) is 5.07. The molecule has 150 valence electrons. The highest BCUT2D eigenvalue weighted by Gasteiger charge is 2.15. The third-order valence-corrected chi connectivity index (χ3v) is 5.20. The van der Waals surface area contributed by atoms with Crippen molar-refractivity contribution in [3.63, 3.8) is 0 Å². The van der Waals surface area contributed by atoms with E-state index in [-0.39, 0.29) is 17.1 Å². The molecule has 10 heteroatoms. The van der Waals surface area contributed by atoms with Crippen molar-refractivity contribution in [3.05, 3.63) is 85.6 Å². The van der Waals surface area contributed by atoms with Crippen LogP contribution in [0.25, 0.3) is 16.4 Å². The summed E-state index contributed by atoms with van der Waals surface area (Å²) in [7, 11) is 0. The van der Waals surface area contributed by atoms with Crippen LogP contribution in [-0.2, 0) is 0 Å². The van der Waals surface area contributed by atoms with Crippen molar-refractivity contribution in [2.45, 2.75) is 13.8 Å². The highest BCUT2D eigenvalue weighted by Crippen LogP contribution is 2.26. The minimum atomic E-state index is -0.512. The maximum Gasteiger partial charge on any atom is 0.301 e. The van der Waals surface area contributed by atoms with Gasteiger partial charge in [-0.1, -0.05) is 35.9 Å². The Morgan fingerprint density at radius 3 is 2.63 bits per heavy atom. The van der Waals surface area contributed by atoms with Crippen LogP contribution in [0.2, 0.25) is 0 Å². The van der Waals surface area contributed by atoms with E-state index >= 15 is 0 Å². The molecule has 0 aliphatic rings. The Bertz CT molecular complexity index is 1320. The van der Waals surface area contributed by atoms with E-state index < -0.39 is 10.5 Å². The van der Waals surface area contributed by atoms with Gasteiger partial charge in [-0.3, -0.25) is 20.0 Å². The first-order chi connectivity index (χ1) is 14.4. The number of aromatic nitrogens is 3. The third kappa shape index (κ3) is 3.80. The molecule has 9 nitrogen and oxygen atoms in total. The molecule has 1 N–H and O–H groups in total. The number of nitrogens with one attached hydrogen (secondary N) is 1. The number of nitro groups is 1. The molecule has 2 heterocycles. The molecule has 4 rings (SSSR count). The number of aryl methyl sites for hydroxylation is 2. The number of thiazole rings is 1. The summed E-state index contributed by atoms with van der Waals surface area (Å²) in [5.41, 5.74) is 3.32. The van der Waals surface area contributed by atoms with Gasteiger partial charge >= 0.3 is 5.56 Å². The predicted octanol–water partition coefficient (Wildman–Crippen LogP) is 5.23. The van der Waals surface area contributed by atoms with E-state index in [0.29, 0.717) is 10.8 Å². The fraction of sp³-hybridized carbons (Fsp3) is 0.100. The number of hydrogen-bond acceptors (Lipinski definition) is 7. The number of aromatic amines is 1. The summed E-state index contributed by atoms with van der Waals surface area (Å²) in [6.45, 7) is 3.72. The van der Waals surface area contributed by atoms with Gasteiger partial charge in [0.25, 0.3) is 5.69 Å². The molecule has 2 aromatic heterocycles. The van der Waals surface area contributed by atoms with Crippen LogP contribution in [0, 0.1) is 24.0 Å². The maximum absolute atomic E-state index is 12.8. The zero-order chi connectivity index (χ0) is 21.3. The van der Waals surface area contributed by atoms with Gasteiger partial charge in [0.15, 0.2) is 5.69 Å². The molecular formula is C20H16N6O3S. The first-order valence-corrected chi connectivity index (χ1v) is 9.81. The molecular weight excluding hydrogens is 404 g/mol. The second-order valence-corrected chi connectivity index (χ2v) is 7.42. The summed E-state index contributed by atoms with van der Waals surface area (Å²) in [5.74, 6) is 0. The Hall–Kier alpha value is -3.92. The lowest BCUT2D eigenvalue weighted by Crippen LogP contribution is -2.13. The molecule has 0 spiro atoms. The van der Waals surface area contributed by atoms with E-state index in [9.17, 15) is 14.9 Å². The normalized spacial score (nSPS) is 11.3. The van der Waals surface area contributed by atoms with Gasteiger partial charge in [0.2, 0.25) is 5.13 Å². The topological polar surface area (TPSA) is 119 Å². The summed E-state index contributed by atoms with van der Waals surface area (Å²) < 4.78 is 1.32. The van der Waals surface area contributed by atoms with E-state index in [2.05, 4.69) is 20.3 Å². The van der Waals surface area contributed by atoms with Crippen LogP contribution in [0.1, 0.15) is 11.3 Å². The number of H-pyrrole nitrogens is 1. The summed E-state index contributed by atoms with van der Waals surface area (Å²) >= 11 is 1.33. The van der Waals surface area contributed by atoms with Crippen LogP contribution in [0.4, 0.5) is 17.1 Å². The molecule has 0 bridgehead atoms. The minimum Gasteiger partial charge on any atom is -0.291 e. The molecule has 0 saturated heterocycles. The maximum atomic E-state index is 12.8. The Morgan fingerprint density at radius 2 is 1.90 bits per heavy atom. The second kappa shape index (κ2) is 7.84. The molecule has 2 aromatic carbocycles. The van der Waals surface area contributed by atoms with Gasteiger partial charge in [-0.25, -0.2) is 4.98 Å². The van der Waals surface area contributed by atoms with Gasteiger partial charge in [0.1, 0.15) is 0 Å². The average Bonchev–Trinajstić information content (AvgIpc) is 3.32. The van der Waals surface area contributed by atoms with Crippen LogP contribution in [0.5, 0.6) is 0 Å². The average molecular weight is 420 g/mol. The summed E-state index contributed by atoms with van der Waals surface area (Å²) in [5, 5.41) is 24.2. The number of nitrogens with zero attached hydrogens (tertiary/aromatic N) is 5. The molecule has 0 fully saturated rings. The van der Waals surface area contributed by atoms with Crippen molar-refractivity contribution in [3.8, 4) is 16.4 Å². The largest absolute Gasteiger partial charge is 0.301 e. The summed E-state index contributed by atoms with van der Waals surface area (Å²) in [6, 6.07) is 13.7. The molecule has 30 heavy (non-hydrogen) atoms. The van der Waals surface area contributed by atoms with Crippen molar-refractivity contribution in [2.24, 2.45) is 10.2 Å². The first kappa shape index (κ1) is 19.4. The van der Waals surface area contributed by atoms with Gasteiger partial charge in [0.05, 0.1) is 22.0 Å². The Morgan fingerprint density at radius 1 is 1.13 bits per heavy atom. The van der Waals surface area contributed by atoms with Crippen LogP contribution < -0.4 is 5.56 Å². The number of rotatable bonds is 5. The van der Waals surface area contributed by atoms with Crippen LogP contribution >= 0.6 is 11.3 Å². The fourth-order valence-corrected chi connectivity index (χ4v) is 3.58. The molecule has 0 radical (unpaired) electrons. The highest BCUT2D eigenvalue weighted by atomic mass is 32.1. The van der Waals surface area contributed by atoms with Crippen molar-refractivity contribution < 1.29 is 4.92 Å². The molecule has 0 atom stereocenters. The number of nitro benzene ring substituents is 1. The second-order valence-electron chi connectivity index (χ2n) is 6.58. The van der Waals surface area contributed by atoms with Crippen molar-refractivity contribution >= 4 is 28.4 Å². The van der Waals surface area contributed by atoms with Crippen LogP contribution in [0.3, 0.4) is 0 Å². The van der Waals surface area contributed by atoms with Crippen LogP contribution in [0.15, 0.2) is 68.9 Å². The molecule has 4 aromatic rings. The molecule has 0 aliphatic carbocycles. The van der Waals surface area contributed by atoms with Gasteiger partial charge in [-0.2, -0.15) is 9.80 Å². The smallest absolute Gasteiger partial charge is 0.291 e. The lowest BCUT2D eigenvalue weighted by atomic mass is 10.1. The predicted molar refractivity (Wildman–Crippen MR) is 114 cm³/mol. The van der Waals surface area contributed by atoms with Crippen molar-refractivity contribution in [2.75, 3.05) is 0 Å². The fourth-order valence-electron chi connectivity index (χ4n) is 2.79. The Balaban J connectivity index is 1.64. The van der Waals surface area contributed by atoms with E-state index in [1.54, 1.807) is 13.0 Å². The minimum absolute atomic E-state index is 0.0962. The lowest BCUT2D eigenvalue weighted by Gasteiger charge is -1.97. The number of non-ortho nitro benzene ring substituents is 1. The van der Waals surface area contributed by atoms with Crippen molar-refractivity contribution in [1.29, 1.82) is 0 Å². The summed E-state index contributed by atoms with van der Waals surface area (Å²) in [4.78, 5) is 27.7. The molecule has 0 aliphatic heterocycles. The van der Waals surface area contributed by atoms with E-state index in [4.69, 9.17) is 0 Å². The number of azo groups is 1. The highest BCUT2D eigenvalue weighted by molar-refractivity contribution is 7.12. The summed E-state index contributed by atoms with van der Waals surface area (Å²) in [6.07, 6.45) is 0. The van der Waals surface area contributed by atoms with Gasteiger partial charge in [-0.05, 0) is 19.9 Å². The first-order valence-electron chi connectivity index (χ1n) is 8.93. The monoisotopic (exact) mass is 420 g/mol. The molecule has 0 amide bonds. The standard InChI is InChI=1S/C20H16N6O3S/c1-12-6-8-14(9-7-12)17-11-30-20(21-17)25-19(27)18(13(2)24-25)23-22-15-4-3-5-16(10-15)26(28)29/h3-11,24H,1-2H3. The van der Waals surface area contributed by atoms with Gasteiger partial charge in [-0.15, -0.1) is 16.5 Å². The zero-order valence-corrected chi connectivity index (χ0v) is 16.9. The lowest BCUT2D eigenvalue weighted by molar-refractivity contribution is -0.384. The van der Waals surface area contributed by atoms with Gasteiger partial charge in [0, 0.05) is 23.1 Å². The zero-order valence-electron chi connectivity index (χ0n) is 16.1. The quantitative estimate of drug-likeness (QED) is 0.270. The number of benzene rings is 2. The third-order valence-electron chi connectivity index (χ3n) is 4.38. The Labute approximate surface area is 174 Å². The van der Waals surface area contributed by atoms with E-state index in [1.165, 1.54) is 34.2 Å². The molecule has 0 unspecified atom stereocenters. The van der Waals surface area contributed by atoms with E-state index in [1.807, 2.05) is 36.6 Å². The molecule has 0 saturated carbocycles. The van der Waals surface area contributed by atoms with Gasteiger partial charge < -0.3 is 0 Å².